The normalized spacial score (nSPS) is 31.1. The Morgan fingerprint density at radius 1 is 0.822 bits per heavy atom. The highest BCUT2D eigenvalue weighted by Gasteiger charge is 2.80. The number of rotatable bonds is 27. The first-order chi connectivity index (χ1) is 35.1. The Kier molecular flexibility index (Phi) is 18.0. The topological polar surface area (TPSA) is 198 Å². The van der Waals surface area contributed by atoms with E-state index >= 15 is 8.78 Å². The van der Waals surface area contributed by atoms with Crippen LogP contribution in [0, 0.1) is 22.7 Å². The maximum absolute atomic E-state index is 17.8. The van der Waals surface area contributed by atoms with Crippen LogP contribution in [0.3, 0.4) is 0 Å². The lowest BCUT2D eigenvalue weighted by Crippen LogP contribution is -2.70. The third-order valence-corrected chi connectivity index (χ3v) is 16.2. The van der Waals surface area contributed by atoms with Crippen molar-refractivity contribution >= 4 is 41.0 Å². The van der Waals surface area contributed by atoms with E-state index in [0.717, 1.165) is 14.7 Å². The number of ketones is 1. The highest BCUT2D eigenvalue weighted by atomic mass is 32.2. The van der Waals surface area contributed by atoms with Crippen LogP contribution in [-0.2, 0) is 57.1 Å². The van der Waals surface area contributed by atoms with E-state index in [4.69, 9.17) is 37.9 Å². The number of aliphatic hydroxyl groups is 2. The minimum atomic E-state index is -2.23. The van der Waals surface area contributed by atoms with E-state index in [-0.39, 0.29) is 68.7 Å². The molecule has 0 aromatic heterocycles. The average molecular weight is 1040 g/mol. The summed E-state index contributed by atoms with van der Waals surface area (Å²) in [6.07, 6.45) is 2.48. The van der Waals surface area contributed by atoms with Gasteiger partial charge in [0.1, 0.15) is 12.8 Å². The highest BCUT2D eigenvalue weighted by Crippen LogP contribution is 2.72. The molecule has 6 aliphatic rings. The second-order valence-corrected chi connectivity index (χ2v) is 20.6. The van der Waals surface area contributed by atoms with Gasteiger partial charge >= 0.3 is 0 Å². The van der Waals surface area contributed by atoms with Crippen LogP contribution in [0.25, 0.3) is 0 Å². The van der Waals surface area contributed by atoms with Gasteiger partial charge in [-0.05, 0) is 73.6 Å². The monoisotopic (exact) mass is 1040 g/mol. The molecule has 73 heavy (non-hydrogen) atoms. The molecule has 0 radical (unpaired) electrons. The van der Waals surface area contributed by atoms with E-state index < -0.39 is 71.0 Å². The number of Topliss-reactive ketones (excluding diaryl/α,β-unsaturated/α-hetero) is 1. The number of allylic oxidation sites excluding steroid dienone is 5. The van der Waals surface area contributed by atoms with E-state index in [0.29, 0.717) is 82.9 Å². The zero-order valence-electron chi connectivity index (χ0n) is 41.3. The maximum Gasteiger partial charge on any atom is 0.253 e. The van der Waals surface area contributed by atoms with E-state index in [2.05, 4.69) is 11.9 Å². The number of hydrogen-bond acceptors (Lipinski definition) is 15. The van der Waals surface area contributed by atoms with E-state index in [9.17, 15) is 29.4 Å². The summed E-state index contributed by atoms with van der Waals surface area (Å²) in [5.74, 6) is -3.02. The zero-order chi connectivity index (χ0) is 51.8. The number of ether oxygens (including phenoxy) is 8. The Hall–Kier alpha value is -4.51. The fourth-order valence-corrected chi connectivity index (χ4v) is 12.5. The first kappa shape index (κ1) is 54.7. The minimum Gasteiger partial charge on any atom is -0.390 e. The quantitative estimate of drug-likeness (QED) is 0.0715. The molecule has 16 nitrogen and oxygen atoms in total. The number of carbonyl (C=O) groups excluding carboxylic acids is 4. The Bertz CT molecular complexity index is 2400. The minimum absolute atomic E-state index is 0.148. The smallest absolute Gasteiger partial charge is 0.253 e. The van der Waals surface area contributed by atoms with Gasteiger partial charge in [-0.15, -0.1) is 0 Å². The van der Waals surface area contributed by atoms with Crippen molar-refractivity contribution < 1.29 is 76.1 Å². The van der Waals surface area contributed by atoms with Crippen LogP contribution in [0.4, 0.5) is 14.5 Å². The van der Waals surface area contributed by atoms with Gasteiger partial charge in [0.2, 0.25) is 5.91 Å². The molecule has 3 saturated carbocycles. The number of halogens is 2. The van der Waals surface area contributed by atoms with Gasteiger partial charge in [0.25, 0.3) is 11.8 Å². The lowest BCUT2D eigenvalue weighted by molar-refractivity contribution is -0.235. The van der Waals surface area contributed by atoms with Crippen molar-refractivity contribution in [3.05, 3.63) is 102 Å². The number of benzene rings is 2. The standard InChI is InChI=1S/C54H66F2N2O14S/c1-35-13-15-51(2)42(29-35)43(55)31-41-40-32-46-54(45(61)34-59,52(40,3)33-44(60)53(41,51)56)72-50(71-46)36-7-9-38(10-8-36)73-39-6-4-5-37(30-39)57-47(62)14-17-65-19-21-67-23-25-69-27-28-70-26-24-68-22-20-66-18-16-58-48(63)11-12-49(58)64/h4-13,15,29-30,40-41,43-44,46,50,59-60H,1,14,16-28,31-34H2,2-3H3,(H,57,62)/t40-,41-,43-,44-,46+,50+,51-,52-,53-,54+/m0/s1. The molecule has 10 atom stereocenters. The Morgan fingerprint density at radius 2 is 1.42 bits per heavy atom. The molecule has 0 unspecified atom stereocenters. The van der Waals surface area contributed by atoms with Crippen molar-refractivity contribution in [1.29, 1.82) is 0 Å². The first-order valence-electron chi connectivity index (χ1n) is 24.9. The number of aliphatic hydroxyl groups excluding tert-OH is 2. The van der Waals surface area contributed by atoms with Crippen LogP contribution in [0.1, 0.15) is 51.4 Å². The SMILES string of the molecule is C=C1C=C[C@@]2(C)C(=C1)[C@@H](F)C[C@H]1[C@@H]3C[C@H]4O[C@@H](c5ccc(Sc6cccc(NC(=O)CCOCCOCCOCCOCCOCCOCCN7C(=O)C=CC7=O)c6)cc5)O[C@@]4(C(=O)CO)[C@@]3(C)C[C@H](O)[C@@]12F. The number of nitrogens with zero attached hydrogens (tertiary/aromatic N) is 1. The summed E-state index contributed by atoms with van der Waals surface area (Å²) in [5.41, 5.74) is -4.44. The molecule has 19 heteroatoms. The van der Waals surface area contributed by atoms with Crippen LogP contribution in [0.5, 0.6) is 0 Å². The molecule has 3 amide bonds. The van der Waals surface area contributed by atoms with Crippen LogP contribution >= 0.6 is 11.8 Å². The van der Waals surface area contributed by atoms with Crippen molar-refractivity contribution in [1.82, 2.24) is 4.90 Å². The number of amides is 3. The summed E-state index contributed by atoms with van der Waals surface area (Å²) in [6.45, 7) is 11.0. The zero-order valence-corrected chi connectivity index (χ0v) is 42.1. The molecule has 4 fully saturated rings. The average Bonchev–Trinajstić information content (AvgIpc) is 4.00. The Morgan fingerprint density at radius 3 is 2.04 bits per heavy atom. The van der Waals surface area contributed by atoms with Crippen LogP contribution in [0.2, 0.25) is 0 Å². The number of anilines is 1. The summed E-state index contributed by atoms with van der Waals surface area (Å²) in [6, 6.07) is 14.9. The van der Waals surface area contributed by atoms with E-state index in [1.165, 1.54) is 23.9 Å². The predicted octanol–water partition coefficient (Wildman–Crippen LogP) is 5.82. The molecule has 2 heterocycles. The largest absolute Gasteiger partial charge is 0.390 e. The Labute approximate surface area is 428 Å². The summed E-state index contributed by atoms with van der Waals surface area (Å²) < 4.78 is 80.0. The molecular formula is C54H66F2N2O14S. The van der Waals surface area contributed by atoms with E-state index in [1.807, 2.05) is 42.5 Å². The molecule has 2 aromatic rings. The number of nitrogens with one attached hydrogen (secondary N) is 1. The molecule has 0 bridgehead atoms. The summed E-state index contributed by atoms with van der Waals surface area (Å²) in [7, 11) is 0. The van der Waals surface area contributed by atoms with Gasteiger partial charge in [0, 0.05) is 49.9 Å². The van der Waals surface area contributed by atoms with Gasteiger partial charge in [0.05, 0.1) is 104 Å². The van der Waals surface area contributed by atoms with Crippen molar-refractivity contribution in [3.63, 3.8) is 0 Å². The molecule has 1 saturated heterocycles. The molecule has 8 rings (SSSR count). The Balaban J connectivity index is 0.703. The number of alkyl halides is 2. The van der Waals surface area contributed by atoms with Gasteiger partial charge in [-0.3, -0.25) is 24.1 Å². The second kappa shape index (κ2) is 24.0. The second-order valence-electron chi connectivity index (χ2n) is 19.5. The molecular weight excluding hydrogens is 971 g/mol. The summed E-state index contributed by atoms with van der Waals surface area (Å²) in [5, 5.41) is 25.1. The summed E-state index contributed by atoms with van der Waals surface area (Å²) in [4.78, 5) is 52.5. The number of imide groups is 1. The third kappa shape index (κ3) is 11.4. The number of hydrogen-bond donors (Lipinski definition) is 3. The van der Waals surface area contributed by atoms with Crippen molar-refractivity contribution in [2.45, 2.75) is 85.3 Å². The highest BCUT2D eigenvalue weighted by molar-refractivity contribution is 7.99. The molecule has 4 aliphatic carbocycles. The predicted molar refractivity (Wildman–Crippen MR) is 263 cm³/mol. The van der Waals surface area contributed by atoms with Crippen molar-refractivity contribution in [2.24, 2.45) is 22.7 Å². The number of fused-ring (bicyclic) bond motifs is 7. The van der Waals surface area contributed by atoms with Gasteiger partial charge < -0.3 is 53.4 Å². The maximum atomic E-state index is 17.8. The van der Waals surface area contributed by atoms with E-state index in [1.54, 1.807) is 38.1 Å². The third-order valence-electron chi connectivity index (χ3n) is 15.2. The number of carbonyl (C=O) groups is 4. The van der Waals surface area contributed by atoms with Gasteiger partial charge in [-0.1, -0.05) is 61.7 Å². The fourth-order valence-electron chi connectivity index (χ4n) is 11.6. The molecule has 2 aromatic carbocycles. The molecule has 2 aliphatic heterocycles. The molecule has 396 valence electrons. The van der Waals surface area contributed by atoms with Crippen LogP contribution < -0.4 is 5.32 Å². The van der Waals surface area contributed by atoms with Crippen molar-refractivity contribution in [3.8, 4) is 0 Å². The van der Waals surface area contributed by atoms with Crippen molar-refractivity contribution in [2.75, 3.05) is 97.8 Å². The van der Waals surface area contributed by atoms with Gasteiger partial charge in [0.15, 0.2) is 23.3 Å². The summed E-state index contributed by atoms with van der Waals surface area (Å²) >= 11 is 1.48. The van der Waals surface area contributed by atoms with Crippen LogP contribution in [0.15, 0.2) is 106 Å². The lowest BCUT2D eigenvalue weighted by Gasteiger charge is -2.63. The fraction of sp³-hybridized carbons (Fsp3) is 0.556. The lowest BCUT2D eigenvalue weighted by atomic mass is 9.44. The molecule has 0 spiro atoms. The molecule has 3 N–H and O–H groups in total. The van der Waals surface area contributed by atoms with Crippen LogP contribution in [-0.4, -0.2) is 161 Å². The van der Waals surface area contributed by atoms with Gasteiger partial charge in [-0.25, -0.2) is 8.78 Å². The first-order valence-corrected chi connectivity index (χ1v) is 25.7. The van der Waals surface area contributed by atoms with Gasteiger partial charge in [-0.2, -0.15) is 0 Å².